The van der Waals surface area contributed by atoms with Crippen molar-refractivity contribution >= 4 is 5.84 Å². The zero-order valence-electron chi connectivity index (χ0n) is 17.9. The highest BCUT2D eigenvalue weighted by molar-refractivity contribution is 6.01. The van der Waals surface area contributed by atoms with E-state index in [1.54, 1.807) is 7.11 Å². The number of amidine groups is 1. The van der Waals surface area contributed by atoms with Crippen molar-refractivity contribution in [3.05, 3.63) is 23.4 Å². The van der Waals surface area contributed by atoms with Gasteiger partial charge in [-0.05, 0) is 51.1 Å². The van der Waals surface area contributed by atoms with Gasteiger partial charge in [-0.1, -0.05) is 13.3 Å². The molecule has 8 nitrogen and oxygen atoms in total. The topological polar surface area (TPSA) is 93.4 Å². The average molecular weight is 408 g/mol. The minimum Gasteiger partial charge on any atom is -0.478 e. The largest absolute Gasteiger partial charge is 0.478 e. The molecule has 0 aromatic rings. The number of hydrogen-bond acceptors (Lipinski definition) is 8. The first-order chi connectivity index (χ1) is 14.2. The highest BCUT2D eigenvalue weighted by Crippen LogP contribution is 2.24. The number of allylic oxidation sites excluding steroid dienone is 2. The zero-order valence-corrected chi connectivity index (χ0v) is 17.9. The van der Waals surface area contributed by atoms with Gasteiger partial charge in [-0.3, -0.25) is 0 Å². The molecule has 2 saturated heterocycles. The van der Waals surface area contributed by atoms with Gasteiger partial charge >= 0.3 is 0 Å². The Hall–Kier alpha value is -1.77. The van der Waals surface area contributed by atoms with Gasteiger partial charge in [0.15, 0.2) is 5.84 Å². The minimum absolute atomic E-state index is 0.268. The summed E-state index contributed by atoms with van der Waals surface area (Å²) in [5.74, 6) is 1.49. The Morgan fingerprint density at radius 1 is 1.41 bits per heavy atom. The van der Waals surface area contributed by atoms with E-state index in [9.17, 15) is 0 Å². The molecular formula is C21H37N5O3. The van der Waals surface area contributed by atoms with Crippen LogP contribution >= 0.6 is 0 Å². The molecule has 0 saturated carbocycles. The second-order valence-electron chi connectivity index (χ2n) is 7.74. The summed E-state index contributed by atoms with van der Waals surface area (Å²) in [6.07, 6.45) is 9.15. The van der Waals surface area contributed by atoms with Crippen molar-refractivity contribution in [1.29, 1.82) is 0 Å². The fraction of sp³-hybridized carbons (Fsp3) is 0.762. The van der Waals surface area contributed by atoms with Gasteiger partial charge < -0.3 is 35.5 Å². The number of nitrogens with two attached hydrogens (primary N) is 1. The Balaban J connectivity index is 1.61. The van der Waals surface area contributed by atoms with E-state index in [4.69, 9.17) is 24.9 Å². The smallest absolute Gasteiger partial charge is 0.211 e. The third-order valence-electron chi connectivity index (χ3n) is 5.44. The molecule has 3 aliphatic rings. The number of unbranched alkanes of at least 4 members (excludes halogenated alkanes) is 1. The van der Waals surface area contributed by atoms with Crippen LogP contribution in [0, 0.1) is 0 Å². The number of nitrogens with one attached hydrogen (secondary N) is 2. The van der Waals surface area contributed by atoms with Crippen molar-refractivity contribution in [2.75, 3.05) is 40.0 Å². The van der Waals surface area contributed by atoms with E-state index in [0.717, 1.165) is 82.0 Å². The third-order valence-corrected chi connectivity index (χ3v) is 5.44. The quantitative estimate of drug-likeness (QED) is 0.451. The van der Waals surface area contributed by atoms with E-state index in [2.05, 4.69) is 22.5 Å². The molecule has 2 fully saturated rings. The van der Waals surface area contributed by atoms with Crippen LogP contribution in [0.2, 0.25) is 0 Å². The Kier molecular flexibility index (Phi) is 8.64. The van der Waals surface area contributed by atoms with Crippen LogP contribution in [0.15, 0.2) is 28.3 Å². The monoisotopic (exact) mass is 407 g/mol. The normalized spacial score (nSPS) is 24.6. The summed E-state index contributed by atoms with van der Waals surface area (Å²) in [6, 6.07) is 0. The number of nitrogens with zero attached hydrogens (tertiary/aromatic N) is 2. The van der Waals surface area contributed by atoms with Gasteiger partial charge in [0.1, 0.15) is 5.70 Å². The minimum atomic E-state index is -0.268. The fourth-order valence-corrected chi connectivity index (χ4v) is 3.77. The standard InChI is InChI=1S/C21H37N5O3/c1-3-4-13-29-18-10-5-9-17(22)19-20(24-18)26(21(25-19)27-2)12-7-11-23-15-16-8-6-14-28-16/h10,16,21,23,25H,3-9,11-15,22H2,1-2H3. The zero-order chi connectivity index (χ0) is 20.5. The van der Waals surface area contributed by atoms with Crippen LogP contribution in [0.25, 0.3) is 0 Å². The molecule has 4 N–H and O–H groups in total. The van der Waals surface area contributed by atoms with Crippen LogP contribution < -0.4 is 16.4 Å². The van der Waals surface area contributed by atoms with Crippen molar-refractivity contribution < 1.29 is 14.2 Å². The Bertz CT molecular complexity index is 613. The molecule has 0 aromatic heterocycles. The lowest BCUT2D eigenvalue weighted by molar-refractivity contribution is 0.00361. The number of hydrogen-bond donors (Lipinski definition) is 3. The highest BCUT2D eigenvalue weighted by atomic mass is 16.5. The van der Waals surface area contributed by atoms with Gasteiger partial charge in [-0.2, -0.15) is 4.99 Å². The van der Waals surface area contributed by atoms with Crippen LogP contribution in [-0.4, -0.2) is 63.1 Å². The molecule has 0 amide bonds. The van der Waals surface area contributed by atoms with Gasteiger partial charge in [0.05, 0.1) is 12.7 Å². The SMILES string of the molecule is CCCCOC1=CCCC(N)=C2NC(OC)N(CCCNCC3CCCO3)C2=N1. The summed E-state index contributed by atoms with van der Waals surface area (Å²) < 4.78 is 17.2. The first-order valence-corrected chi connectivity index (χ1v) is 11.0. The number of methoxy groups -OCH3 is 1. The molecule has 0 aromatic carbocycles. The van der Waals surface area contributed by atoms with Crippen LogP contribution in [0.5, 0.6) is 0 Å². The van der Waals surface area contributed by atoms with Crippen LogP contribution in [0.4, 0.5) is 0 Å². The van der Waals surface area contributed by atoms with Crippen molar-refractivity contribution in [2.24, 2.45) is 10.7 Å². The van der Waals surface area contributed by atoms with Crippen LogP contribution in [-0.2, 0) is 14.2 Å². The maximum atomic E-state index is 6.34. The highest BCUT2D eigenvalue weighted by Gasteiger charge is 2.35. The Labute approximate surface area is 174 Å². The second-order valence-corrected chi connectivity index (χ2v) is 7.74. The number of ether oxygens (including phenoxy) is 3. The summed E-state index contributed by atoms with van der Waals surface area (Å²) >= 11 is 0. The molecule has 2 atom stereocenters. The molecule has 2 unspecified atom stereocenters. The van der Waals surface area contributed by atoms with Gasteiger partial charge in [0.25, 0.3) is 0 Å². The molecule has 3 aliphatic heterocycles. The van der Waals surface area contributed by atoms with E-state index in [1.165, 1.54) is 6.42 Å². The summed E-state index contributed by atoms with van der Waals surface area (Å²) in [7, 11) is 1.70. The molecule has 0 aliphatic carbocycles. The van der Waals surface area contributed by atoms with Gasteiger partial charge in [-0.15, -0.1) is 0 Å². The van der Waals surface area contributed by atoms with Crippen molar-refractivity contribution in [3.8, 4) is 0 Å². The lowest BCUT2D eigenvalue weighted by Crippen LogP contribution is -2.40. The second kappa shape index (κ2) is 11.4. The van der Waals surface area contributed by atoms with E-state index in [1.807, 2.05) is 6.08 Å². The van der Waals surface area contributed by atoms with Gasteiger partial charge in [-0.25, -0.2) is 0 Å². The van der Waals surface area contributed by atoms with Gasteiger partial charge in [0.2, 0.25) is 12.2 Å². The number of fused-ring (bicyclic) bond motifs is 1. The van der Waals surface area contributed by atoms with Crippen LogP contribution in [0.3, 0.4) is 0 Å². The maximum Gasteiger partial charge on any atom is 0.211 e. The first kappa shape index (κ1) is 21.9. The van der Waals surface area contributed by atoms with E-state index < -0.39 is 0 Å². The number of aliphatic imine (C=N–C) groups is 1. The van der Waals surface area contributed by atoms with Crippen molar-refractivity contribution in [1.82, 2.24) is 15.5 Å². The summed E-state index contributed by atoms with van der Waals surface area (Å²) in [4.78, 5) is 6.96. The first-order valence-electron chi connectivity index (χ1n) is 11.0. The molecular weight excluding hydrogens is 370 g/mol. The molecule has 0 spiro atoms. The molecule has 0 bridgehead atoms. The van der Waals surface area contributed by atoms with Crippen molar-refractivity contribution in [3.63, 3.8) is 0 Å². The molecule has 0 radical (unpaired) electrons. The maximum absolute atomic E-state index is 6.34. The van der Waals surface area contributed by atoms with Crippen LogP contribution in [0.1, 0.15) is 51.9 Å². The average Bonchev–Trinajstić information content (AvgIpc) is 3.34. The molecule has 3 rings (SSSR count). The number of rotatable bonds is 11. The lowest BCUT2D eigenvalue weighted by Gasteiger charge is -2.24. The predicted octanol–water partition coefficient (Wildman–Crippen LogP) is 2.00. The van der Waals surface area contributed by atoms with E-state index >= 15 is 0 Å². The predicted molar refractivity (Wildman–Crippen MR) is 114 cm³/mol. The van der Waals surface area contributed by atoms with Crippen molar-refractivity contribution in [2.45, 2.75) is 64.3 Å². The third kappa shape index (κ3) is 6.10. The summed E-state index contributed by atoms with van der Waals surface area (Å²) in [5, 5.41) is 6.89. The molecule has 8 heteroatoms. The molecule has 164 valence electrons. The lowest BCUT2D eigenvalue weighted by atomic mass is 10.1. The fourth-order valence-electron chi connectivity index (χ4n) is 3.77. The van der Waals surface area contributed by atoms with E-state index in [0.29, 0.717) is 18.6 Å². The van der Waals surface area contributed by atoms with Gasteiger partial charge in [0, 0.05) is 32.5 Å². The Morgan fingerprint density at radius 2 is 2.31 bits per heavy atom. The Morgan fingerprint density at radius 3 is 3.07 bits per heavy atom. The van der Waals surface area contributed by atoms with E-state index in [-0.39, 0.29) is 6.35 Å². The molecule has 3 heterocycles. The summed E-state index contributed by atoms with van der Waals surface area (Å²) in [6.45, 7) is 6.38. The summed E-state index contributed by atoms with van der Waals surface area (Å²) in [5.41, 5.74) is 8.02. The molecule has 29 heavy (non-hydrogen) atoms.